The van der Waals surface area contributed by atoms with E-state index in [-0.39, 0.29) is 30.3 Å². The second-order valence-electron chi connectivity index (χ2n) is 13.3. The molecule has 248 valence electrons. The Labute approximate surface area is 282 Å². The summed E-state index contributed by atoms with van der Waals surface area (Å²) in [5.74, 6) is -0.0347. The van der Waals surface area contributed by atoms with Crippen LogP contribution in [-0.4, -0.2) is 82.7 Å². The third-order valence-corrected chi connectivity index (χ3v) is 9.29. The van der Waals surface area contributed by atoms with Gasteiger partial charge in [0.1, 0.15) is 24.0 Å². The van der Waals surface area contributed by atoms with Crippen molar-refractivity contribution in [2.75, 3.05) is 26.2 Å². The van der Waals surface area contributed by atoms with Crippen molar-refractivity contribution in [2.45, 2.75) is 58.2 Å². The van der Waals surface area contributed by atoms with Crippen molar-refractivity contribution in [1.82, 2.24) is 38.9 Å². The zero-order chi connectivity index (χ0) is 33.6. The molecule has 6 heterocycles. The lowest BCUT2D eigenvalue weighted by molar-refractivity contribution is -0.133. The molecule has 1 saturated heterocycles. The van der Waals surface area contributed by atoms with Gasteiger partial charge in [0.25, 0.3) is 0 Å². The van der Waals surface area contributed by atoms with E-state index in [1.807, 2.05) is 78.9 Å². The van der Waals surface area contributed by atoms with E-state index in [4.69, 9.17) is 21.3 Å². The number of pyridine rings is 1. The molecule has 5 aromatic rings. The van der Waals surface area contributed by atoms with Gasteiger partial charge < -0.3 is 19.1 Å². The molecule has 4 aromatic heterocycles. The van der Waals surface area contributed by atoms with Gasteiger partial charge in [-0.05, 0) is 63.8 Å². The molecule has 12 nitrogen and oxygen atoms in total. The number of hydrogen-bond donors (Lipinski definition) is 1. The number of aromatic nitrogens is 6. The van der Waals surface area contributed by atoms with Crippen LogP contribution in [0.5, 0.6) is 0 Å². The number of H-pyrrole nitrogens is 1. The van der Waals surface area contributed by atoms with Crippen molar-refractivity contribution in [2.24, 2.45) is 0 Å². The van der Waals surface area contributed by atoms with Crippen LogP contribution in [0.2, 0.25) is 5.02 Å². The topological polar surface area (TPSA) is 131 Å². The second kappa shape index (κ2) is 12.6. The molecule has 1 fully saturated rings. The Morgan fingerprint density at radius 1 is 1.00 bits per heavy atom. The SMILES string of the molecule is CC(C)(C)OC(=O)N1CC=C(c2ncnc3c(-c4ccccc4Cl)cn(CC(=O)N4CCC(n5c(=O)[nH]c6ncccc65)CC4)c23)CC1. The van der Waals surface area contributed by atoms with Gasteiger partial charge in [-0.1, -0.05) is 35.9 Å². The van der Waals surface area contributed by atoms with Crippen molar-refractivity contribution < 1.29 is 14.3 Å². The van der Waals surface area contributed by atoms with Gasteiger partial charge in [-0.25, -0.2) is 24.5 Å². The van der Waals surface area contributed by atoms with E-state index in [1.54, 1.807) is 15.7 Å². The minimum absolute atomic E-state index is 0.0304. The first-order chi connectivity index (χ1) is 23.1. The summed E-state index contributed by atoms with van der Waals surface area (Å²) in [6.07, 6.45) is 8.66. The van der Waals surface area contributed by atoms with E-state index in [0.717, 1.165) is 33.4 Å². The summed E-state index contributed by atoms with van der Waals surface area (Å²) in [7, 11) is 0. The summed E-state index contributed by atoms with van der Waals surface area (Å²) in [4.78, 5) is 59.4. The van der Waals surface area contributed by atoms with Crippen LogP contribution in [0.4, 0.5) is 4.79 Å². The molecule has 2 aliphatic heterocycles. The highest BCUT2D eigenvalue weighted by atomic mass is 35.5. The Kier molecular flexibility index (Phi) is 8.28. The summed E-state index contributed by atoms with van der Waals surface area (Å²) in [5, 5.41) is 0.581. The molecule has 0 aliphatic carbocycles. The lowest BCUT2D eigenvalue weighted by Crippen LogP contribution is -2.41. The zero-order valence-electron chi connectivity index (χ0n) is 27.1. The quantitative estimate of drug-likeness (QED) is 0.255. The number of rotatable bonds is 5. The van der Waals surface area contributed by atoms with Crippen LogP contribution in [-0.2, 0) is 16.1 Å². The highest BCUT2D eigenvalue weighted by Gasteiger charge is 2.29. The Morgan fingerprint density at radius 2 is 1.79 bits per heavy atom. The summed E-state index contributed by atoms with van der Waals surface area (Å²) in [6, 6.07) is 11.3. The maximum atomic E-state index is 13.9. The Balaban J connectivity index is 1.17. The molecule has 0 spiro atoms. The van der Waals surface area contributed by atoms with Gasteiger partial charge >= 0.3 is 11.8 Å². The Hall–Kier alpha value is -4.97. The molecule has 2 aliphatic rings. The molecular weight excluding hydrogens is 632 g/mol. The summed E-state index contributed by atoms with van der Waals surface area (Å²) in [6.45, 7) is 7.55. The van der Waals surface area contributed by atoms with Crippen LogP contribution in [0.3, 0.4) is 0 Å². The van der Waals surface area contributed by atoms with Gasteiger partial charge in [0.15, 0.2) is 5.65 Å². The predicted molar refractivity (Wildman–Crippen MR) is 184 cm³/mol. The fourth-order valence-electron chi connectivity index (χ4n) is 6.68. The number of carbonyl (C=O) groups excluding carboxylic acids is 2. The zero-order valence-corrected chi connectivity index (χ0v) is 27.9. The Bertz CT molecular complexity index is 2120. The third-order valence-electron chi connectivity index (χ3n) is 8.96. The number of amides is 2. The maximum absolute atomic E-state index is 13.9. The van der Waals surface area contributed by atoms with Gasteiger partial charge in [-0.2, -0.15) is 0 Å². The average Bonchev–Trinajstić information content (AvgIpc) is 3.61. The molecule has 13 heteroatoms. The van der Waals surface area contributed by atoms with Gasteiger partial charge in [0.05, 0.1) is 16.7 Å². The molecular formula is C35H37ClN8O4. The number of imidazole rings is 1. The normalized spacial score (nSPS) is 16.0. The number of aromatic amines is 1. The number of likely N-dealkylation sites (tertiary alicyclic amines) is 1. The van der Waals surface area contributed by atoms with Crippen molar-refractivity contribution in [3.8, 4) is 11.1 Å². The second-order valence-corrected chi connectivity index (χ2v) is 13.7. The fourth-order valence-corrected chi connectivity index (χ4v) is 6.92. The number of ether oxygens (including phenoxy) is 1. The lowest BCUT2D eigenvalue weighted by Gasteiger charge is -2.32. The number of carbonyl (C=O) groups is 2. The monoisotopic (exact) mass is 668 g/mol. The number of fused-ring (bicyclic) bond motifs is 2. The first-order valence-electron chi connectivity index (χ1n) is 16.2. The first-order valence-corrected chi connectivity index (χ1v) is 16.5. The standard InChI is InChI=1S/C35H37ClN8O4/c1-35(2,3)48-34(47)42-15-10-22(11-16-42)29-31-30(39-21-38-29)25(24-7-4-5-8-26(24)36)19-43(31)20-28(45)41-17-12-23(13-18-41)44-27-9-6-14-37-32(27)40-33(44)46/h4-10,14,19,21,23H,11-13,15-18,20H2,1-3H3,(H,37,40,46). The number of nitrogens with zero attached hydrogens (tertiary/aromatic N) is 7. The van der Waals surface area contributed by atoms with Gasteiger partial charge in [0.2, 0.25) is 5.91 Å². The molecule has 0 radical (unpaired) electrons. The summed E-state index contributed by atoms with van der Waals surface area (Å²) in [5.41, 5.74) is 5.34. The van der Waals surface area contributed by atoms with E-state index in [2.05, 4.69) is 15.0 Å². The first kappa shape index (κ1) is 31.6. The van der Waals surface area contributed by atoms with E-state index in [9.17, 15) is 14.4 Å². The van der Waals surface area contributed by atoms with Crippen LogP contribution in [0, 0.1) is 0 Å². The van der Waals surface area contributed by atoms with Crippen LogP contribution in [0.15, 0.2) is 66.0 Å². The number of hydrogen-bond acceptors (Lipinski definition) is 7. The van der Waals surface area contributed by atoms with E-state index >= 15 is 0 Å². The molecule has 2 amide bonds. The van der Waals surface area contributed by atoms with Crippen molar-refractivity contribution in [3.63, 3.8) is 0 Å². The molecule has 0 saturated carbocycles. The van der Waals surface area contributed by atoms with E-state index in [1.165, 1.54) is 6.33 Å². The number of piperidine rings is 1. The predicted octanol–water partition coefficient (Wildman–Crippen LogP) is 5.68. The van der Waals surface area contributed by atoms with Crippen molar-refractivity contribution in [3.05, 3.63) is 82.4 Å². The van der Waals surface area contributed by atoms with E-state index in [0.29, 0.717) is 61.6 Å². The van der Waals surface area contributed by atoms with Gasteiger partial charge in [-0.15, -0.1) is 0 Å². The number of halogens is 1. The molecule has 1 aromatic carbocycles. The smallest absolute Gasteiger partial charge is 0.410 e. The maximum Gasteiger partial charge on any atom is 0.410 e. The molecule has 48 heavy (non-hydrogen) atoms. The largest absolute Gasteiger partial charge is 0.444 e. The molecule has 0 atom stereocenters. The van der Waals surface area contributed by atoms with Crippen LogP contribution in [0.25, 0.3) is 38.9 Å². The van der Waals surface area contributed by atoms with Crippen LogP contribution < -0.4 is 5.69 Å². The highest BCUT2D eigenvalue weighted by molar-refractivity contribution is 6.33. The van der Waals surface area contributed by atoms with Crippen molar-refractivity contribution >= 4 is 51.4 Å². The summed E-state index contributed by atoms with van der Waals surface area (Å²) >= 11 is 6.66. The highest BCUT2D eigenvalue weighted by Crippen LogP contribution is 2.37. The fraction of sp³-hybridized carbons (Fsp3) is 0.371. The lowest BCUT2D eigenvalue weighted by atomic mass is 10.0. The molecule has 7 rings (SSSR count). The third kappa shape index (κ3) is 6.08. The molecule has 0 unspecified atom stereocenters. The van der Waals surface area contributed by atoms with E-state index < -0.39 is 5.60 Å². The van der Waals surface area contributed by atoms with Gasteiger partial charge in [-0.3, -0.25) is 14.3 Å². The van der Waals surface area contributed by atoms with Crippen molar-refractivity contribution in [1.29, 1.82) is 0 Å². The molecule has 0 bridgehead atoms. The van der Waals surface area contributed by atoms with Crippen LogP contribution in [0.1, 0.15) is 51.8 Å². The van der Waals surface area contributed by atoms with Crippen LogP contribution >= 0.6 is 11.6 Å². The Morgan fingerprint density at radius 3 is 2.52 bits per heavy atom. The van der Waals surface area contributed by atoms with Gasteiger partial charge in [0, 0.05) is 60.8 Å². The number of nitrogens with one attached hydrogen (secondary N) is 1. The average molecular weight is 669 g/mol. The molecule has 1 N–H and O–H groups in total. The summed E-state index contributed by atoms with van der Waals surface area (Å²) < 4.78 is 9.27. The minimum Gasteiger partial charge on any atom is -0.444 e. The minimum atomic E-state index is -0.580. The number of benzene rings is 1.